The Labute approximate surface area is 211 Å². The molecule has 0 bridgehead atoms. The van der Waals surface area contributed by atoms with Crippen LogP contribution in [0.1, 0.15) is 26.7 Å². The summed E-state index contributed by atoms with van der Waals surface area (Å²) in [4.78, 5) is 36.6. The molecule has 0 spiro atoms. The maximum absolute atomic E-state index is 15.2. The molecule has 2 heterocycles. The van der Waals surface area contributed by atoms with Crippen LogP contribution in [0.5, 0.6) is 5.75 Å². The van der Waals surface area contributed by atoms with Crippen molar-refractivity contribution in [2.75, 3.05) is 19.8 Å². The lowest BCUT2D eigenvalue weighted by Gasteiger charge is -2.34. The van der Waals surface area contributed by atoms with E-state index >= 15 is 4.39 Å². The average Bonchev–Trinajstić information content (AvgIpc) is 3.05. The third-order valence-corrected chi connectivity index (χ3v) is 7.33. The monoisotopic (exact) mass is 551 g/mol. The number of hydrogen-bond acceptors (Lipinski definition) is 9. The Hall–Kier alpha value is -2.28. The van der Waals surface area contributed by atoms with E-state index in [0.717, 1.165) is 4.90 Å². The van der Waals surface area contributed by atoms with Crippen LogP contribution in [0, 0.1) is 0 Å². The second-order valence-corrected chi connectivity index (χ2v) is 10.4. The molecule has 3 amide bonds. The van der Waals surface area contributed by atoms with Crippen molar-refractivity contribution in [3.8, 4) is 5.75 Å². The van der Waals surface area contributed by atoms with E-state index in [1.807, 2.05) is 12.2 Å². The molecule has 0 aromatic heterocycles. The zero-order valence-corrected chi connectivity index (χ0v) is 21.2. The lowest BCUT2D eigenvalue weighted by Crippen LogP contribution is -2.58. The lowest BCUT2D eigenvalue weighted by atomic mass is 10.1. The fourth-order valence-electron chi connectivity index (χ4n) is 3.44. The van der Waals surface area contributed by atoms with E-state index in [0.29, 0.717) is 6.42 Å². The van der Waals surface area contributed by atoms with Crippen LogP contribution < -0.4 is 14.9 Å². The summed E-state index contributed by atoms with van der Waals surface area (Å²) >= 11 is 5.89. The number of imide groups is 1. The molecule has 15 heteroatoms. The lowest BCUT2D eigenvalue weighted by molar-refractivity contribution is -0.145. The quantitative estimate of drug-likeness (QED) is 0.211. The van der Waals surface area contributed by atoms with Crippen molar-refractivity contribution in [1.82, 2.24) is 15.3 Å². The second-order valence-electron chi connectivity index (χ2n) is 8.16. The first kappa shape index (κ1) is 28.3. The first-order valence-corrected chi connectivity index (χ1v) is 13.1. The Morgan fingerprint density at radius 2 is 2.11 bits per heavy atom. The van der Waals surface area contributed by atoms with E-state index in [9.17, 15) is 24.1 Å². The summed E-state index contributed by atoms with van der Waals surface area (Å²) in [6.07, 6.45) is -4.79. The molecule has 2 aliphatic heterocycles. The molecule has 200 valence electrons. The number of para-hydroxylation sites is 1. The first-order chi connectivity index (χ1) is 17.0. The predicted octanol–water partition coefficient (Wildman–Crippen LogP) is 2.05. The van der Waals surface area contributed by atoms with Crippen LogP contribution in [0.3, 0.4) is 0 Å². The average molecular weight is 552 g/mol. The number of esters is 1. The zero-order valence-electron chi connectivity index (χ0n) is 19.6. The molecule has 6 atom stereocenters. The van der Waals surface area contributed by atoms with Crippen molar-refractivity contribution in [1.29, 1.82) is 0 Å². The van der Waals surface area contributed by atoms with Gasteiger partial charge in [0.25, 0.3) is 5.13 Å². The summed E-state index contributed by atoms with van der Waals surface area (Å²) in [7, 11) is -4.32. The van der Waals surface area contributed by atoms with Crippen molar-refractivity contribution in [2.24, 2.45) is 0 Å². The molecule has 0 radical (unpaired) electrons. The topological polar surface area (TPSA) is 153 Å². The van der Waals surface area contributed by atoms with Crippen LogP contribution in [0.4, 0.5) is 9.18 Å². The summed E-state index contributed by atoms with van der Waals surface area (Å²) in [5, 5.41) is 12.0. The number of rotatable bonds is 11. The SMILES string of the molecule is CCCOC(=O)[C@H](C)NP(=O)(OC[C@H]1O[C@@H](N2CCC(=O)NC2=O)[C@@](F)(Cl)[C@@H]1O)Oc1ccccc1. The largest absolute Gasteiger partial charge is 0.465 e. The van der Waals surface area contributed by atoms with Crippen LogP contribution in [0.2, 0.25) is 0 Å². The summed E-state index contributed by atoms with van der Waals surface area (Å²) in [5.74, 6) is -1.12. The fourth-order valence-corrected chi connectivity index (χ4v) is 5.25. The van der Waals surface area contributed by atoms with Gasteiger partial charge in [0.1, 0.15) is 24.0 Å². The van der Waals surface area contributed by atoms with Crippen molar-refractivity contribution >= 4 is 37.3 Å². The van der Waals surface area contributed by atoms with Gasteiger partial charge >= 0.3 is 19.7 Å². The number of carbonyl (C=O) groups is 3. The highest BCUT2D eigenvalue weighted by molar-refractivity contribution is 7.52. The van der Waals surface area contributed by atoms with Crippen LogP contribution in [-0.2, 0) is 28.2 Å². The number of urea groups is 1. The van der Waals surface area contributed by atoms with Gasteiger partial charge in [-0.25, -0.2) is 13.8 Å². The molecule has 36 heavy (non-hydrogen) atoms. The van der Waals surface area contributed by atoms with E-state index in [-0.39, 0.29) is 25.3 Å². The van der Waals surface area contributed by atoms with E-state index in [2.05, 4.69) is 5.09 Å². The van der Waals surface area contributed by atoms with Crippen LogP contribution in [0.25, 0.3) is 0 Å². The molecule has 12 nitrogen and oxygen atoms in total. The number of aliphatic hydroxyl groups excluding tert-OH is 1. The highest BCUT2D eigenvalue weighted by Crippen LogP contribution is 2.47. The van der Waals surface area contributed by atoms with Gasteiger partial charge in [0.15, 0.2) is 6.23 Å². The van der Waals surface area contributed by atoms with Crippen molar-refractivity contribution < 1.29 is 47.0 Å². The number of benzene rings is 1. The zero-order chi connectivity index (χ0) is 26.5. The van der Waals surface area contributed by atoms with Gasteiger partial charge in [0.2, 0.25) is 5.91 Å². The fraction of sp³-hybridized carbons (Fsp3) is 0.571. The molecular weight excluding hydrogens is 524 g/mol. The van der Waals surface area contributed by atoms with Crippen LogP contribution >= 0.6 is 19.3 Å². The molecule has 1 unspecified atom stereocenters. The molecule has 0 aliphatic carbocycles. The second kappa shape index (κ2) is 11.8. The van der Waals surface area contributed by atoms with Gasteiger partial charge in [-0.2, -0.15) is 5.09 Å². The first-order valence-electron chi connectivity index (χ1n) is 11.2. The number of alkyl halides is 2. The third kappa shape index (κ3) is 6.72. The summed E-state index contributed by atoms with van der Waals surface area (Å²) < 4.78 is 50.2. The summed E-state index contributed by atoms with van der Waals surface area (Å²) in [6.45, 7) is 2.47. The Morgan fingerprint density at radius 1 is 1.42 bits per heavy atom. The van der Waals surface area contributed by atoms with Crippen molar-refractivity contribution in [3.05, 3.63) is 30.3 Å². The molecule has 0 saturated carbocycles. The molecule has 3 rings (SSSR count). The van der Waals surface area contributed by atoms with E-state index < -0.39 is 61.9 Å². The van der Waals surface area contributed by atoms with Gasteiger partial charge in [-0.3, -0.25) is 24.3 Å². The Bertz CT molecular complexity index is 1000. The molecule has 3 N–H and O–H groups in total. The Kier molecular flexibility index (Phi) is 9.31. The number of ether oxygens (including phenoxy) is 2. The maximum Gasteiger partial charge on any atom is 0.459 e. The number of nitrogens with zero attached hydrogens (tertiary/aromatic N) is 1. The molecule has 2 fully saturated rings. The van der Waals surface area contributed by atoms with E-state index in [1.165, 1.54) is 19.1 Å². The van der Waals surface area contributed by atoms with Gasteiger partial charge in [0, 0.05) is 13.0 Å². The number of aliphatic hydroxyl groups is 1. The minimum absolute atomic E-state index is 0.119. The Morgan fingerprint density at radius 3 is 2.75 bits per heavy atom. The summed E-state index contributed by atoms with van der Waals surface area (Å²) in [6, 6.07) is 5.87. The summed E-state index contributed by atoms with van der Waals surface area (Å²) in [5.41, 5.74) is 0. The van der Waals surface area contributed by atoms with E-state index in [4.69, 9.17) is 30.1 Å². The number of carbonyl (C=O) groups excluding carboxylic acids is 3. The van der Waals surface area contributed by atoms with Crippen molar-refractivity contribution in [2.45, 2.75) is 56.3 Å². The molecule has 2 aliphatic rings. The number of nitrogens with one attached hydrogen (secondary N) is 2. The number of amides is 3. The van der Waals surface area contributed by atoms with Gasteiger partial charge in [-0.1, -0.05) is 36.7 Å². The normalized spacial score (nSPS) is 28.8. The van der Waals surface area contributed by atoms with Gasteiger partial charge in [-0.05, 0) is 25.5 Å². The highest BCUT2D eigenvalue weighted by atomic mass is 35.5. The molecule has 2 saturated heterocycles. The molecule has 1 aromatic carbocycles. The standard InChI is InChI=1S/C21H28ClFN3O9P/c1-3-11-32-18(29)13(2)25-36(31,35-14-7-5-4-6-8-14)33-12-15-17(28)21(22,23)19(34-15)26-10-9-16(27)24-20(26)30/h4-8,13,15,17,19,28H,3,9-12H2,1-2H3,(H,25,31)(H,24,27,30)/t13-,15+,17+,19+,21+,36?/m0/s1. The minimum atomic E-state index is -4.32. The minimum Gasteiger partial charge on any atom is -0.465 e. The highest BCUT2D eigenvalue weighted by Gasteiger charge is 2.60. The van der Waals surface area contributed by atoms with Gasteiger partial charge in [0.05, 0.1) is 13.2 Å². The smallest absolute Gasteiger partial charge is 0.459 e. The van der Waals surface area contributed by atoms with E-state index in [1.54, 1.807) is 18.2 Å². The Balaban J connectivity index is 1.73. The third-order valence-electron chi connectivity index (χ3n) is 5.28. The maximum atomic E-state index is 15.2. The van der Waals surface area contributed by atoms with Crippen LogP contribution in [-0.4, -0.2) is 77.3 Å². The molecular formula is C21H28ClFN3O9P. The number of hydrogen-bond donors (Lipinski definition) is 3. The predicted molar refractivity (Wildman–Crippen MR) is 124 cm³/mol. The number of halogens is 2. The van der Waals surface area contributed by atoms with Gasteiger partial charge < -0.3 is 19.1 Å². The van der Waals surface area contributed by atoms with Crippen molar-refractivity contribution in [3.63, 3.8) is 0 Å². The molecule has 1 aromatic rings. The van der Waals surface area contributed by atoms with Gasteiger partial charge in [-0.15, -0.1) is 0 Å². The van der Waals surface area contributed by atoms with Crippen LogP contribution in [0.15, 0.2) is 30.3 Å².